The third-order valence-corrected chi connectivity index (χ3v) is 4.24. The number of hydrogen-bond donors (Lipinski definition) is 2. The number of thiophene rings is 1. The Bertz CT molecular complexity index is 395. The van der Waals surface area contributed by atoms with Crippen LogP contribution in [0.25, 0.3) is 0 Å². The predicted octanol–water partition coefficient (Wildman–Crippen LogP) is 1.60. The predicted molar refractivity (Wildman–Crippen MR) is 78.0 cm³/mol. The van der Waals surface area contributed by atoms with Gasteiger partial charge in [-0.2, -0.15) is 0 Å². The summed E-state index contributed by atoms with van der Waals surface area (Å²) >= 11 is 1.48. The molecule has 0 aliphatic rings. The lowest BCUT2D eigenvalue weighted by atomic mass is 10.2. The molecule has 0 aliphatic carbocycles. The SMILES string of the molecule is CCC(C)N(CCOC)Cc1ccc(C(=O)NN)s1. The van der Waals surface area contributed by atoms with Crippen LogP contribution in [0.5, 0.6) is 0 Å². The molecule has 0 saturated carbocycles. The summed E-state index contributed by atoms with van der Waals surface area (Å²) in [7, 11) is 1.71. The van der Waals surface area contributed by atoms with E-state index in [1.807, 2.05) is 12.1 Å². The molecule has 1 aromatic rings. The Morgan fingerprint density at radius 1 is 1.58 bits per heavy atom. The first-order valence-electron chi connectivity index (χ1n) is 6.45. The van der Waals surface area contributed by atoms with Crippen molar-refractivity contribution in [3.8, 4) is 0 Å². The van der Waals surface area contributed by atoms with Gasteiger partial charge in [0.1, 0.15) is 0 Å². The molecule has 0 saturated heterocycles. The lowest BCUT2D eigenvalue weighted by Gasteiger charge is -2.27. The molecule has 3 N–H and O–H groups in total. The highest BCUT2D eigenvalue weighted by Crippen LogP contribution is 2.19. The Hall–Kier alpha value is -0.950. The molecule has 19 heavy (non-hydrogen) atoms. The zero-order chi connectivity index (χ0) is 14.3. The molecule has 0 spiro atoms. The van der Waals surface area contributed by atoms with Crippen LogP contribution in [0.15, 0.2) is 12.1 Å². The van der Waals surface area contributed by atoms with Gasteiger partial charge in [0.15, 0.2) is 0 Å². The molecular formula is C13H23N3O2S. The van der Waals surface area contributed by atoms with Gasteiger partial charge in [-0.25, -0.2) is 5.84 Å². The van der Waals surface area contributed by atoms with Crippen molar-refractivity contribution in [2.24, 2.45) is 5.84 Å². The first kappa shape index (κ1) is 16.1. The van der Waals surface area contributed by atoms with Gasteiger partial charge in [-0.05, 0) is 25.5 Å². The van der Waals surface area contributed by atoms with Gasteiger partial charge in [0.2, 0.25) is 0 Å². The third kappa shape index (κ3) is 4.91. The molecule has 1 amide bonds. The lowest BCUT2D eigenvalue weighted by molar-refractivity contribution is 0.0957. The number of nitrogens with two attached hydrogens (primary N) is 1. The number of ether oxygens (including phenoxy) is 1. The molecule has 1 heterocycles. The van der Waals surface area contributed by atoms with Gasteiger partial charge in [0, 0.05) is 31.1 Å². The van der Waals surface area contributed by atoms with E-state index < -0.39 is 0 Å². The fourth-order valence-electron chi connectivity index (χ4n) is 1.78. The molecule has 0 radical (unpaired) electrons. The Kier molecular flexibility index (Phi) is 7.01. The van der Waals surface area contributed by atoms with Crippen LogP contribution in [-0.2, 0) is 11.3 Å². The Labute approximate surface area is 118 Å². The minimum absolute atomic E-state index is 0.233. The van der Waals surface area contributed by atoms with Crippen LogP contribution in [-0.4, -0.2) is 37.1 Å². The molecule has 1 rings (SSSR count). The second-order valence-electron chi connectivity index (χ2n) is 4.46. The van der Waals surface area contributed by atoms with Crippen LogP contribution in [0.2, 0.25) is 0 Å². The zero-order valence-corrected chi connectivity index (χ0v) is 12.6. The van der Waals surface area contributed by atoms with Crippen LogP contribution in [0.1, 0.15) is 34.8 Å². The molecule has 0 bridgehead atoms. The minimum atomic E-state index is -0.233. The van der Waals surface area contributed by atoms with E-state index in [0.29, 0.717) is 17.5 Å². The number of methoxy groups -OCH3 is 1. The smallest absolute Gasteiger partial charge is 0.275 e. The molecule has 1 aromatic heterocycles. The van der Waals surface area contributed by atoms with E-state index in [1.165, 1.54) is 11.3 Å². The van der Waals surface area contributed by atoms with Gasteiger partial charge in [-0.3, -0.25) is 15.1 Å². The van der Waals surface area contributed by atoms with E-state index in [4.69, 9.17) is 10.6 Å². The number of hydrogen-bond acceptors (Lipinski definition) is 5. The Morgan fingerprint density at radius 2 is 2.32 bits per heavy atom. The van der Waals surface area contributed by atoms with Crippen molar-refractivity contribution >= 4 is 17.2 Å². The highest BCUT2D eigenvalue weighted by Gasteiger charge is 2.15. The normalized spacial score (nSPS) is 12.7. The van der Waals surface area contributed by atoms with Crippen LogP contribution in [0.3, 0.4) is 0 Å². The van der Waals surface area contributed by atoms with Gasteiger partial charge in [0.25, 0.3) is 5.91 Å². The van der Waals surface area contributed by atoms with Gasteiger partial charge in [-0.1, -0.05) is 6.92 Å². The first-order valence-corrected chi connectivity index (χ1v) is 7.26. The molecular weight excluding hydrogens is 262 g/mol. The van der Waals surface area contributed by atoms with E-state index in [9.17, 15) is 4.79 Å². The largest absolute Gasteiger partial charge is 0.383 e. The third-order valence-electron chi connectivity index (χ3n) is 3.17. The summed E-state index contributed by atoms with van der Waals surface area (Å²) in [6.45, 7) is 6.82. The highest BCUT2D eigenvalue weighted by molar-refractivity contribution is 7.14. The van der Waals surface area contributed by atoms with Gasteiger partial charge < -0.3 is 4.74 Å². The maximum Gasteiger partial charge on any atom is 0.275 e. The van der Waals surface area contributed by atoms with Crippen LogP contribution < -0.4 is 11.3 Å². The van der Waals surface area contributed by atoms with E-state index in [0.717, 1.165) is 24.4 Å². The van der Waals surface area contributed by atoms with Crippen molar-refractivity contribution < 1.29 is 9.53 Å². The van der Waals surface area contributed by atoms with Crippen molar-refractivity contribution in [3.63, 3.8) is 0 Å². The van der Waals surface area contributed by atoms with Crippen molar-refractivity contribution in [2.75, 3.05) is 20.3 Å². The molecule has 6 heteroatoms. The number of nitrogens with zero attached hydrogens (tertiary/aromatic N) is 1. The van der Waals surface area contributed by atoms with Crippen LogP contribution in [0.4, 0.5) is 0 Å². The summed E-state index contributed by atoms with van der Waals surface area (Å²) in [4.78, 5) is 15.6. The molecule has 0 aliphatic heterocycles. The summed E-state index contributed by atoms with van der Waals surface area (Å²) in [5.41, 5.74) is 2.15. The number of amides is 1. The number of carbonyl (C=O) groups excluding carboxylic acids is 1. The number of hydrazine groups is 1. The van der Waals surface area contributed by atoms with Crippen LogP contribution >= 0.6 is 11.3 Å². The van der Waals surface area contributed by atoms with E-state index in [1.54, 1.807) is 7.11 Å². The fraction of sp³-hybridized carbons (Fsp3) is 0.615. The minimum Gasteiger partial charge on any atom is -0.383 e. The maximum absolute atomic E-state index is 11.4. The highest BCUT2D eigenvalue weighted by atomic mass is 32.1. The van der Waals surface area contributed by atoms with Crippen molar-refractivity contribution in [3.05, 3.63) is 21.9 Å². The molecule has 0 aromatic carbocycles. The molecule has 0 fully saturated rings. The zero-order valence-electron chi connectivity index (χ0n) is 11.8. The van der Waals surface area contributed by atoms with Crippen molar-refractivity contribution in [1.29, 1.82) is 0 Å². The first-order chi connectivity index (χ1) is 9.12. The second-order valence-corrected chi connectivity index (χ2v) is 5.63. The Morgan fingerprint density at radius 3 is 2.89 bits per heavy atom. The second kappa shape index (κ2) is 8.27. The summed E-state index contributed by atoms with van der Waals surface area (Å²) in [6, 6.07) is 4.29. The number of carbonyl (C=O) groups is 1. The molecule has 108 valence electrons. The monoisotopic (exact) mass is 285 g/mol. The molecule has 1 unspecified atom stereocenters. The fourth-order valence-corrected chi connectivity index (χ4v) is 2.71. The number of rotatable bonds is 8. The summed E-state index contributed by atoms with van der Waals surface area (Å²) in [5, 5.41) is 0. The topological polar surface area (TPSA) is 67.6 Å². The summed E-state index contributed by atoms with van der Waals surface area (Å²) < 4.78 is 5.15. The van der Waals surface area contributed by atoms with Gasteiger partial charge >= 0.3 is 0 Å². The van der Waals surface area contributed by atoms with Gasteiger partial charge in [0.05, 0.1) is 11.5 Å². The van der Waals surface area contributed by atoms with Gasteiger partial charge in [-0.15, -0.1) is 11.3 Å². The number of nitrogens with one attached hydrogen (secondary N) is 1. The number of nitrogen functional groups attached to an aromatic ring is 1. The summed E-state index contributed by atoms with van der Waals surface area (Å²) in [5.74, 6) is 4.90. The molecule has 5 nitrogen and oxygen atoms in total. The lowest BCUT2D eigenvalue weighted by Crippen LogP contribution is -2.34. The summed E-state index contributed by atoms with van der Waals surface area (Å²) in [6.07, 6.45) is 1.09. The molecule has 1 atom stereocenters. The average molecular weight is 285 g/mol. The van der Waals surface area contributed by atoms with Crippen LogP contribution in [0, 0.1) is 0 Å². The standard InChI is InChI=1S/C13H23N3O2S/c1-4-10(2)16(7-8-18-3)9-11-5-6-12(19-11)13(17)15-14/h5-6,10H,4,7-9,14H2,1-3H3,(H,15,17). The van der Waals surface area contributed by atoms with E-state index in [2.05, 4.69) is 24.2 Å². The van der Waals surface area contributed by atoms with Crippen molar-refractivity contribution in [2.45, 2.75) is 32.9 Å². The van der Waals surface area contributed by atoms with Crippen molar-refractivity contribution in [1.82, 2.24) is 10.3 Å². The van der Waals surface area contributed by atoms with E-state index >= 15 is 0 Å². The van der Waals surface area contributed by atoms with E-state index in [-0.39, 0.29) is 5.91 Å². The Balaban J connectivity index is 2.67. The maximum atomic E-state index is 11.4. The average Bonchev–Trinajstić information content (AvgIpc) is 2.90. The quantitative estimate of drug-likeness (QED) is 0.432.